The maximum atomic E-state index is 12.5. The van der Waals surface area contributed by atoms with Gasteiger partial charge >= 0.3 is 0 Å². The van der Waals surface area contributed by atoms with Crippen LogP contribution in [0.25, 0.3) is 27.9 Å². The zero-order chi connectivity index (χ0) is 25.6. The Labute approximate surface area is 214 Å². The molecule has 1 saturated carbocycles. The van der Waals surface area contributed by atoms with Crippen molar-refractivity contribution in [3.8, 4) is 11.3 Å². The van der Waals surface area contributed by atoms with Crippen LogP contribution < -0.4 is 10.5 Å². The highest BCUT2D eigenvalue weighted by Crippen LogP contribution is 2.34. The van der Waals surface area contributed by atoms with Crippen LogP contribution >= 0.6 is 0 Å². The summed E-state index contributed by atoms with van der Waals surface area (Å²) in [5, 5.41) is 8.55. The molecular formula is C28H25N5O3S. The number of nitrogens with zero attached hydrogens (tertiary/aromatic N) is 3. The number of anilines is 1. The smallest absolute Gasteiger partial charge is 0.238 e. The van der Waals surface area contributed by atoms with Crippen molar-refractivity contribution in [3.63, 3.8) is 0 Å². The highest BCUT2D eigenvalue weighted by molar-refractivity contribution is 7.89. The van der Waals surface area contributed by atoms with Crippen molar-refractivity contribution in [2.24, 2.45) is 11.1 Å². The van der Waals surface area contributed by atoms with E-state index in [1.165, 1.54) is 12.1 Å². The number of para-hydroxylation sites is 2. The van der Waals surface area contributed by atoms with Gasteiger partial charge in [-0.3, -0.25) is 9.20 Å². The minimum absolute atomic E-state index is 0.0700. The second kappa shape index (κ2) is 9.10. The molecule has 0 saturated heterocycles. The molecule has 9 heteroatoms. The Bertz CT molecular complexity index is 1740. The van der Waals surface area contributed by atoms with E-state index >= 15 is 0 Å². The van der Waals surface area contributed by atoms with Crippen LogP contribution in [0, 0.1) is 5.92 Å². The van der Waals surface area contributed by atoms with E-state index in [-0.39, 0.29) is 10.7 Å². The molecule has 8 nitrogen and oxygen atoms in total. The lowest BCUT2D eigenvalue weighted by atomic mass is 10.0. The number of rotatable bonds is 8. The van der Waals surface area contributed by atoms with Gasteiger partial charge in [0.2, 0.25) is 10.0 Å². The number of carbonyl (C=O) groups is 1. The number of ketones is 1. The molecule has 1 aliphatic carbocycles. The molecular weight excluding hydrogens is 486 g/mol. The Kier molecular flexibility index (Phi) is 5.73. The van der Waals surface area contributed by atoms with E-state index in [9.17, 15) is 13.2 Å². The van der Waals surface area contributed by atoms with Crippen molar-refractivity contribution in [2.75, 3.05) is 5.32 Å². The fourth-order valence-electron chi connectivity index (χ4n) is 4.51. The fourth-order valence-corrected chi connectivity index (χ4v) is 5.03. The van der Waals surface area contributed by atoms with Gasteiger partial charge in [0, 0.05) is 24.1 Å². The monoisotopic (exact) mass is 511 g/mol. The molecule has 0 unspecified atom stereocenters. The van der Waals surface area contributed by atoms with Crippen LogP contribution in [0.5, 0.6) is 0 Å². The van der Waals surface area contributed by atoms with E-state index in [2.05, 4.69) is 14.7 Å². The van der Waals surface area contributed by atoms with Crippen molar-refractivity contribution < 1.29 is 13.2 Å². The number of hydrogen-bond acceptors (Lipinski definition) is 6. The molecule has 37 heavy (non-hydrogen) atoms. The lowest BCUT2D eigenvalue weighted by Gasteiger charge is -2.12. The standard InChI is InChI=1S/C28H25N5O3S/c29-37(35,36)22-13-7-19(8-14-22)16-30-27-28-31-17-25(33(28)24-4-2-1-3-23(24)32-27)20-9-11-21(12-10-20)26(34)15-18-5-6-18/h1-4,7-14,17-18H,5-6,15-16H2,(H,30,32)(H2,29,35,36). The number of aromatic nitrogens is 3. The van der Waals surface area contributed by atoms with Crippen LogP contribution in [0.1, 0.15) is 35.2 Å². The van der Waals surface area contributed by atoms with E-state index in [0.717, 1.165) is 46.3 Å². The number of carbonyl (C=O) groups excluding carboxylic acids is 1. The predicted octanol–water partition coefficient (Wildman–Crippen LogP) is 4.79. The Morgan fingerprint density at radius 2 is 1.73 bits per heavy atom. The molecule has 6 rings (SSSR count). The SMILES string of the molecule is NS(=O)(=O)c1ccc(CNc2nc3ccccc3n3c(-c4ccc(C(=O)CC5CC5)cc4)cnc23)cc1. The summed E-state index contributed by atoms with van der Waals surface area (Å²) < 4.78 is 25.1. The molecule has 2 aromatic heterocycles. The molecule has 1 aliphatic rings. The molecule has 5 aromatic rings. The minimum atomic E-state index is -3.74. The number of Topliss-reactive ketones (excluding diaryl/α,β-unsaturated/α-hetero) is 1. The number of benzene rings is 3. The molecule has 0 radical (unpaired) electrons. The molecule has 3 N–H and O–H groups in total. The van der Waals surface area contributed by atoms with Crippen molar-refractivity contribution >= 4 is 38.3 Å². The molecule has 0 aliphatic heterocycles. The summed E-state index contributed by atoms with van der Waals surface area (Å²) in [5.41, 5.74) is 5.86. The van der Waals surface area contributed by atoms with Crippen LogP contribution in [0.2, 0.25) is 0 Å². The normalized spacial score (nSPS) is 13.8. The summed E-state index contributed by atoms with van der Waals surface area (Å²) in [6.07, 6.45) is 4.76. The van der Waals surface area contributed by atoms with Gasteiger partial charge in [-0.15, -0.1) is 0 Å². The van der Waals surface area contributed by atoms with E-state index in [1.54, 1.807) is 12.1 Å². The zero-order valence-corrected chi connectivity index (χ0v) is 20.8. The number of imidazole rings is 1. The van der Waals surface area contributed by atoms with E-state index in [1.807, 2.05) is 54.7 Å². The van der Waals surface area contributed by atoms with Gasteiger partial charge in [0.25, 0.3) is 0 Å². The lowest BCUT2D eigenvalue weighted by molar-refractivity contribution is 0.0976. The quantitative estimate of drug-likeness (QED) is 0.289. The van der Waals surface area contributed by atoms with Crippen molar-refractivity contribution in [1.29, 1.82) is 0 Å². The topological polar surface area (TPSA) is 119 Å². The molecule has 0 bridgehead atoms. The first-order valence-electron chi connectivity index (χ1n) is 12.1. The van der Waals surface area contributed by atoms with Gasteiger partial charge in [-0.25, -0.2) is 23.5 Å². The van der Waals surface area contributed by atoms with Crippen molar-refractivity contribution in [2.45, 2.75) is 30.7 Å². The van der Waals surface area contributed by atoms with Gasteiger partial charge in [0.05, 0.1) is 27.8 Å². The summed E-state index contributed by atoms with van der Waals surface area (Å²) in [4.78, 5) is 22.1. The first kappa shape index (κ1) is 23.3. The van der Waals surface area contributed by atoms with Gasteiger partial charge in [-0.05, 0) is 48.6 Å². The minimum Gasteiger partial charge on any atom is -0.363 e. The Morgan fingerprint density at radius 1 is 1.00 bits per heavy atom. The highest BCUT2D eigenvalue weighted by atomic mass is 32.2. The Hall–Kier alpha value is -4.08. The second-order valence-electron chi connectivity index (χ2n) is 9.44. The van der Waals surface area contributed by atoms with Gasteiger partial charge in [-0.1, -0.05) is 48.5 Å². The number of nitrogens with two attached hydrogens (primary N) is 1. The Morgan fingerprint density at radius 3 is 2.43 bits per heavy atom. The predicted molar refractivity (Wildman–Crippen MR) is 143 cm³/mol. The number of sulfonamides is 1. The summed E-state index contributed by atoms with van der Waals surface area (Å²) in [6.45, 7) is 0.423. The Balaban J connectivity index is 1.34. The number of nitrogens with one attached hydrogen (secondary N) is 1. The molecule has 186 valence electrons. The van der Waals surface area contributed by atoms with E-state index < -0.39 is 10.0 Å². The number of hydrogen-bond donors (Lipinski definition) is 2. The number of primary sulfonamides is 1. The molecule has 2 heterocycles. The molecule has 1 fully saturated rings. The van der Waals surface area contributed by atoms with Crippen LogP contribution in [0.15, 0.2) is 83.9 Å². The van der Waals surface area contributed by atoms with Crippen molar-refractivity contribution in [1.82, 2.24) is 14.4 Å². The first-order valence-corrected chi connectivity index (χ1v) is 13.7. The van der Waals surface area contributed by atoms with Gasteiger partial charge < -0.3 is 5.32 Å². The third-order valence-electron chi connectivity index (χ3n) is 6.71. The van der Waals surface area contributed by atoms with Gasteiger partial charge in [-0.2, -0.15) is 0 Å². The van der Waals surface area contributed by atoms with Crippen LogP contribution in [0.3, 0.4) is 0 Å². The third-order valence-corrected chi connectivity index (χ3v) is 7.64. The average molecular weight is 512 g/mol. The molecule has 0 amide bonds. The first-order chi connectivity index (χ1) is 17.9. The van der Waals surface area contributed by atoms with Gasteiger partial charge in [0.1, 0.15) is 0 Å². The summed E-state index contributed by atoms with van der Waals surface area (Å²) in [5.74, 6) is 1.37. The van der Waals surface area contributed by atoms with Crippen molar-refractivity contribution in [3.05, 3.63) is 90.1 Å². The highest BCUT2D eigenvalue weighted by Gasteiger charge is 2.25. The van der Waals surface area contributed by atoms with Crippen LogP contribution in [-0.4, -0.2) is 28.6 Å². The fraction of sp³-hybridized carbons (Fsp3) is 0.179. The third kappa shape index (κ3) is 4.71. The maximum absolute atomic E-state index is 12.5. The van der Waals surface area contributed by atoms with Crippen LogP contribution in [0.4, 0.5) is 5.82 Å². The second-order valence-corrected chi connectivity index (χ2v) is 11.0. The average Bonchev–Trinajstić information content (AvgIpc) is 3.60. The largest absolute Gasteiger partial charge is 0.363 e. The maximum Gasteiger partial charge on any atom is 0.238 e. The van der Waals surface area contributed by atoms with Crippen LogP contribution in [-0.2, 0) is 16.6 Å². The summed E-state index contributed by atoms with van der Waals surface area (Å²) in [7, 11) is -3.74. The zero-order valence-electron chi connectivity index (χ0n) is 20.0. The summed E-state index contributed by atoms with van der Waals surface area (Å²) >= 11 is 0. The van der Waals surface area contributed by atoms with Gasteiger partial charge in [0.15, 0.2) is 17.2 Å². The molecule has 3 aromatic carbocycles. The van der Waals surface area contributed by atoms with E-state index in [0.29, 0.717) is 30.3 Å². The summed E-state index contributed by atoms with van der Waals surface area (Å²) in [6, 6.07) is 22.0. The molecule has 0 atom stereocenters. The van der Waals surface area contributed by atoms with E-state index in [4.69, 9.17) is 10.1 Å². The lowest BCUT2D eigenvalue weighted by Crippen LogP contribution is -2.12. The number of fused-ring (bicyclic) bond motifs is 3. The molecule has 0 spiro atoms.